The molecule has 0 radical (unpaired) electrons. The Bertz CT molecular complexity index is 680. The Hall–Kier alpha value is -1.93. The molecule has 2 N–H and O–H groups in total. The highest BCUT2D eigenvalue weighted by Gasteiger charge is 2.28. The maximum Gasteiger partial charge on any atom is 0.338 e. The van der Waals surface area contributed by atoms with E-state index in [-0.39, 0.29) is 10.5 Å². The summed E-state index contributed by atoms with van der Waals surface area (Å²) in [6.45, 7) is 2.32. The number of hydrogen-bond acceptors (Lipinski definition) is 5. The van der Waals surface area contributed by atoms with Crippen molar-refractivity contribution in [1.82, 2.24) is 4.31 Å². The van der Waals surface area contributed by atoms with Gasteiger partial charge in [-0.05, 0) is 38.0 Å². The van der Waals surface area contributed by atoms with Crippen LogP contribution in [0, 0.1) is 0 Å². The van der Waals surface area contributed by atoms with Crippen molar-refractivity contribution >= 4 is 21.9 Å². The lowest BCUT2D eigenvalue weighted by Gasteiger charge is -2.16. The van der Waals surface area contributed by atoms with Crippen molar-refractivity contribution in [3.8, 4) is 0 Å². The fraction of sp³-hybridized carbons (Fsp3) is 0.429. The average molecular weight is 326 g/mol. The lowest BCUT2D eigenvalue weighted by Crippen LogP contribution is -2.30. The lowest BCUT2D eigenvalue weighted by atomic mass is 10.2. The number of benzene rings is 1. The molecule has 0 bridgehead atoms. The molecule has 1 aromatic carbocycles. The quantitative estimate of drug-likeness (QED) is 0.793. The number of carbonyl (C=O) groups excluding carboxylic acids is 2. The molecule has 1 atom stereocenters. The van der Waals surface area contributed by atoms with Crippen molar-refractivity contribution in [2.45, 2.75) is 30.8 Å². The molecule has 1 saturated heterocycles. The number of nitrogens with two attached hydrogens (primary N) is 1. The second-order valence-electron chi connectivity index (χ2n) is 5.09. The minimum absolute atomic E-state index is 0.0376. The monoisotopic (exact) mass is 326 g/mol. The summed E-state index contributed by atoms with van der Waals surface area (Å²) in [5.41, 5.74) is 5.09. The topological polar surface area (TPSA) is 107 Å². The van der Waals surface area contributed by atoms with Gasteiger partial charge in [-0.2, -0.15) is 4.31 Å². The largest absolute Gasteiger partial charge is 0.449 e. The van der Waals surface area contributed by atoms with Gasteiger partial charge in [-0.15, -0.1) is 0 Å². The van der Waals surface area contributed by atoms with Crippen molar-refractivity contribution in [2.75, 3.05) is 13.1 Å². The van der Waals surface area contributed by atoms with E-state index in [4.69, 9.17) is 10.5 Å². The van der Waals surface area contributed by atoms with E-state index in [0.717, 1.165) is 12.8 Å². The summed E-state index contributed by atoms with van der Waals surface area (Å²) in [5, 5.41) is 0. The van der Waals surface area contributed by atoms with Gasteiger partial charge in [0, 0.05) is 13.1 Å². The summed E-state index contributed by atoms with van der Waals surface area (Å²) in [6.07, 6.45) is 0.583. The Kier molecular flexibility index (Phi) is 4.82. The first-order chi connectivity index (χ1) is 10.3. The predicted molar refractivity (Wildman–Crippen MR) is 78.5 cm³/mol. The van der Waals surface area contributed by atoms with Crippen molar-refractivity contribution < 1.29 is 22.7 Å². The van der Waals surface area contributed by atoms with Crippen molar-refractivity contribution in [2.24, 2.45) is 5.73 Å². The van der Waals surface area contributed by atoms with E-state index >= 15 is 0 Å². The first kappa shape index (κ1) is 16.4. The van der Waals surface area contributed by atoms with Crippen molar-refractivity contribution in [3.63, 3.8) is 0 Å². The minimum atomic E-state index is -3.61. The number of amides is 1. The molecule has 1 fully saturated rings. The fourth-order valence-corrected chi connectivity index (χ4v) is 3.71. The summed E-state index contributed by atoms with van der Waals surface area (Å²) in [4.78, 5) is 22.9. The van der Waals surface area contributed by atoms with Crippen LogP contribution >= 0.6 is 0 Å². The average Bonchev–Trinajstić information content (AvgIpc) is 3.02. The van der Waals surface area contributed by atoms with Crippen LogP contribution in [0.5, 0.6) is 0 Å². The molecule has 1 aliphatic rings. The number of ether oxygens (including phenoxy) is 1. The molecule has 7 nitrogen and oxygen atoms in total. The van der Waals surface area contributed by atoms with Crippen LogP contribution in [0.1, 0.15) is 30.1 Å². The first-order valence-corrected chi connectivity index (χ1v) is 8.37. The zero-order valence-corrected chi connectivity index (χ0v) is 13.0. The Morgan fingerprint density at radius 2 is 1.91 bits per heavy atom. The Morgan fingerprint density at radius 3 is 2.50 bits per heavy atom. The van der Waals surface area contributed by atoms with Gasteiger partial charge in [0.1, 0.15) is 0 Å². The standard InChI is InChI=1S/C14H18N2O5S/c1-10(13(15)17)21-14(18)11-5-4-6-12(9-11)22(19,20)16-7-2-3-8-16/h4-6,9-10H,2-3,7-8H2,1H3,(H2,15,17)/t10-/m0/s1. The molecule has 2 rings (SSSR count). The third kappa shape index (κ3) is 3.45. The van der Waals surface area contributed by atoms with Gasteiger partial charge < -0.3 is 10.5 Å². The van der Waals surface area contributed by atoms with Crippen LogP contribution in [0.4, 0.5) is 0 Å². The Labute approximate surface area is 129 Å². The molecule has 0 unspecified atom stereocenters. The first-order valence-electron chi connectivity index (χ1n) is 6.93. The second-order valence-corrected chi connectivity index (χ2v) is 7.03. The van der Waals surface area contributed by atoms with Crippen LogP contribution in [0.25, 0.3) is 0 Å². The Morgan fingerprint density at radius 1 is 1.27 bits per heavy atom. The highest BCUT2D eigenvalue weighted by atomic mass is 32.2. The molecule has 22 heavy (non-hydrogen) atoms. The highest BCUT2D eigenvalue weighted by molar-refractivity contribution is 7.89. The van der Waals surface area contributed by atoms with Gasteiger partial charge in [0.25, 0.3) is 5.91 Å². The van der Waals surface area contributed by atoms with E-state index in [0.29, 0.717) is 13.1 Å². The van der Waals surface area contributed by atoms with E-state index in [2.05, 4.69) is 0 Å². The number of nitrogens with zero attached hydrogens (tertiary/aromatic N) is 1. The highest BCUT2D eigenvalue weighted by Crippen LogP contribution is 2.21. The smallest absolute Gasteiger partial charge is 0.338 e. The molecule has 0 aromatic heterocycles. The number of esters is 1. The zero-order chi connectivity index (χ0) is 16.3. The molecule has 8 heteroatoms. The molecule has 1 aromatic rings. The third-order valence-electron chi connectivity index (χ3n) is 3.46. The minimum Gasteiger partial charge on any atom is -0.449 e. The summed E-state index contributed by atoms with van der Waals surface area (Å²) in [5.74, 6) is -1.56. The van der Waals surface area contributed by atoms with Crippen molar-refractivity contribution in [1.29, 1.82) is 0 Å². The van der Waals surface area contributed by atoms with Gasteiger partial charge in [0.15, 0.2) is 6.10 Å². The number of carbonyl (C=O) groups is 2. The maximum absolute atomic E-state index is 12.4. The van der Waals surface area contributed by atoms with E-state index < -0.39 is 28.0 Å². The molecule has 1 aliphatic heterocycles. The fourth-order valence-electron chi connectivity index (χ4n) is 2.15. The molecule has 0 saturated carbocycles. The number of sulfonamides is 1. The maximum atomic E-state index is 12.4. The van der Waals surface area contributed by atoms with Crippen LogP contribution in [-0.4, -0.2) is 43.8 Å². The summed E-state index contributed by atoms with van der Waals surface area (Å²) in [6, 6.07) is 5.58. The van der Waals surface area contributed by atoms with E-state index in [1.54, 1.807) is 0 Å². The van der Waals surface area contributed by atoms with Crippen LogP contribution in [0.2, 0.25) is 0 Å². The third-order valence-corrected chi connectivity index (χ3v) is 5.35. The van der Waals surface area contributed by atoms with Gasteiger partial charge in [0.2, 0.25) is 10.0 Å². The summed E-state index contributed by atoms with van der Waals surface area (Å²) < 4.78 is 31.1. The molecule has 1 heterocycles. The van der Waals surface area contributed by atoms with Crippen LogP contribution < -0.4 is 5.73 Å². The second kappa shape index (κ2) is 6.45. The number of hydrogen-bond donors (Lipinski definition) is 1. The lowest BCUT2D eigenvalue weighted by molar-refractivity contribution is -0.125. The van der Waals surface area contributed by atoms with Gasteiger partial charge in [-0.3, -0.25) is 4.79 Å². The van der Waals surface area contributed by atoms with Gasteiger partial charge >= 0.3 is 5.97 Å². The van der Waals surface area contributed by atoms with Crippen LogP contribution in [0.15, 0.2) is 29.2 Å². The molecule has 0 aliphatic carbocycles. The molecular formula is C14H18N2O5S. The van der Waals surface area contributed by atoms with Gasteiger partial charge in [-0.25, -0.2) is 13.2 Å². The van der Waals surface area contributed by atoms with E-state index in [1.807, 2.05) is 0 Å². The van der Waals surface area contributed by atoms with Crippen molar-refractivity contribution in [3.05, 3.63) is 29.8 Å². The molecule has 120 valence electrons. The van der Waals surface area contributed by atoms with Crippen LogP contribution in [-0.2, 0) is 19.6 Å². The van der Waals surface area contributed by atoms with E-state index in [1.165, 1.54) is 35.5 Å². The number of rotatable bonds is 5. The van der Waals surface area contributed by atoms with Gasteiger partial charge in [0.05, 0.1) is 10.5 Å². The van der Waals surface area contributed by atoms with Crippen LogP contribution in [0.3, 0.4) is 0 Å². The molecular weight excluding hydrogens is 308 g/mol. The SMILES string of the molecule is C[C@H](OC(=O)c1cccc(S(=O)(=O)N2CCCC2)c1)C(N)=O. The summed E-state index contributed by atoms with van der Waals surface area (Å²) in [7, 11) is -3.61. The summed E-state index contributed by atoms with van der Waals surface area (Å²) >= 11 is 0. The molecule has 0 spiro atoms. The predicted octanol–water partition coefficient (Wildman–Crippen LogP) is 0.502. The van der Waals surface area contributed by atoms with Gasteiger partial charge in [-0.1, -0.05) is 6.07 Å². The van der Waals surface area contributed by atoms with E-state index in [9.17, 15) is 18.0 Å². The molecule has 1 amide bonds. The Balaban J connectivity index is 2.23. The number of primary amides is 1. The normalized spacial score (nSPS) is 17.1. The zero-order valence-electron chi connectivity index (χ0n) is 12.2.